The smallest absolute Gasteiger partial charge is 0.328 e. The van der Waals surface area contributed by atoms with Crippen molar-refractivity contribution in [2.45, 2.75) is 98.6 Å². The van der Waals surface area contributed by atoms with E-state index in [-0.39, 0.29) is 53.3 Å². The molecule has 6 rings (SSSR count). The van der Waals surface area contributed by atoms with Crippen molar-refractivity contribution in [1.29, 1.82) is 0 Å². The molecule has 0 bridgehead atoms. The van der Waals surface area contributed by atoms with E-state index in [9.17, 15) is 36.0 Å². The zero-order valence-electron chi connectivity index (χ0n) is 47.6. The Morgan fingerprint density at radius 2 is 1.02 bits per heavy atom. The van der Waals surface area contributed by atoms with Gasteiger partial charge in [-0.2, -0.15) is 0 Å². The van der Waals surface area contributed by atoms with E-state index in [1.807, 2.05) is 10.6 Å². The Hall–Kier alpha value is -5.56. The molecule has 4 aromatic carbocycles. The zero-order valence-corrected chi connectivity index (χ0v) is 38.7. The Morgan fingerprint density at radius 3 is 1.42 bits per heavy atom. The molecule has 0 aromatic heterocycles. The van der Waals surface area contributed by atoms with Crippen molar-refractivity contribution in [2.75, 3.05) is 27.3 Å². The Bertz CT molecular complexity index is 3080. The molecule has 2 aliphatic carbocycles. The van der Waals surface area contributed by atoms with Gasteiger partial charge in [0.2, 0.25) is 0 Å². The molecule has 66 heavy (non-hydrogen) atoms. The highest BCUT2D eigenvalue weighted by Crippen LogP contribution is 2.24. The van der Waals surface area contributed by atoms with Crippen LogP contribution < -0.4 is 40.2 Å². The van der Waals surface area contributed by atoms with Crippen LogP contribution in [-0.4, -0.2) is 80.1 Å². The highest BCUT2D eigenvalue weighted by Gasteiger charge is 2.23. The molecule has 0 unspecified atom stereocenters. The van der Waals surface area contributed by atoms with E-state index < -0.39 is 101 Å². The summed E-state index contributed by atoms with van der Waals surface area (Å²) < 4.78 is 160. The van der Waals surface area contributed by atoms with Crippen molar-refractivity contribution in [1.82, 2.24) is 30.7 Å². The summed E-state index contributed by atoms with van der Waals surface area (Å²) in [4.78, 5) is 49.2. The minimum atomic E-state index is -4.42. The van der Waals surface area contributed by atoms with Crippen LogP contribution >= 0.6 is 23.2 Å². The minimum Gasteiger partial charge on any atom is -0.496 e. The van der Waals surface area contributed by atoms with Crippen molar-refractivity contribution < 1.29 is 61.9 Å². The Labute approximate surface area is 413 Å². The fraction of sp³-hybridized carbons (Fsp3) is 0.391. The third-order valence-corrected chi connectivity index (χ3v) is 12.6. The number of amides is 6. The fourth-order valence-electron chi connectivity index (χ4n) is 6.09. The van der Waals surface area contributed by atoms with Gasteiger partial charge in [-0.1, -0.05) is 85.8 Å². The van der Waals surface area contributed by atoms with E-state index in [1.54, 1.807) is 33.7 Å². The van der Waals surface area contributed by atoms with Gasteiger partial charge in [-0.15, -0.1) is 0 Å². The number of sulfonamides is 2. The molecule has 2 fully saturated rings. The predicted octanol–water partition coefficient (Wildman–Crippen LogP) is 7.28. The van der Waals surface area contributed by atoms with Crippen LogP contribution in [0.4, 0.5) is 9.59 Å². The van der Waals surface area contributed by atoms with E-state index in [0.29, 0.717) is 45.5 Å². The van der Waals surface area contributed by atoms with E-state index >= 15 is 0 Å². The number of urea groups is 2. The van der Waals surface area contributed by atoms with Crippen LogP contribution in [0.2, 0.25) is 10.0 Å². The molecule has 6 N–H and O–H groups in total. The lowest BCUT2D eigenvalue weighted by Gasteiger charge is -2.22. The third kappa shape index (κ3) is 15.8. The van der Waals surface area contributed by atoms with Crippen LogP contribution in [0, 0.1) is 0 Å². The fourth-order valence-corrected chi connectivity index (χ4v) is 8.24. The van der Waals surface area contributed by atoms with Gasteiger partial charge in [-0.05, 0) is 110 Å². The Morgan fingerprint density at radius 1 is 0.606 bits per heavy atom. The van der Waals surface area contributed by atoms with Gasteiger partial charge in [0.05, 0.1) is 37.9 Å². The Balaban J connectivity index is 0.000000288. The molecular formula is C46H56Cl2N6O10S2. The SMILES string of the molecule is [2H]C1(NC(=O)NS(=O)(=O)c2ccc(CCNC(=O)c3cc(Cl)ccc3OC)cc2)CC([2H])([2H])C([2H])([2H])C([2H])([2H])C1.[2H]C1([2H])CCCC([2H])([2H])C1([2H])NC(=O)NS(=O)(=O)c1ccc(CCNC(=O)c2cc(Cl)ccc2OC)cc1. The molecule has 356 valence electrons. The molecule has 20 heteroatoms. The molecule has 2 aliphatic rings. The van der Waals surface area contributed by atoms with Gasteiger partial charge in [-0.3, -0.25) is 9.59 Å². The number of halogens is 2. The number of carbonyl (C=O) groups is 4. The molecule has 0 aliphatic heterocycles. The quantitative estimate of drug-likeness (QED) is 0.0657. The second-order valence-corrected chi connectivity index (χ2v) is 18.4. The van der Waals surface area contributed by atoms with Gasteiger partial charge in [0.1, 0.15) is 11.5 Å². The van der Waals surface area contributed by atoms with E-state index in [2.05, 4.69) is 10.6 Å². The first-order valence-corrected chi connectivity index (χ1v) is 23.8. The molecule has 0 heterocycles. The van der Waals surface area contributed by atoms with Crippen molar-refractivity contribution >= 4 is 67.1 Å². The summed E-state index contributed by atoms with van der Waals surface area (Å²) in [6, 6.07) is 12.5. The lowest BCUT2D eigenvalue weighted by Crippen LogP contribution is -2.45. The number of nitrogens with one attached hydrogen (secondary N) is 6. The topological polar surface area (TPSA) is 227 Å². The molecule has 4 aromatic rings. The zero-order chi connectivity index (χ0) is 58.5. The van der Waals surface area contributed by atoms with Crippen molar-refractivity contribution in [3.8, 4) is 11.5 Å². The second kappa shape index (κ2) is 24.8. The molecule has 2 saturated carbocycles. The molecule has 0 saturated heterocycles. The van der Waals surface area contributed by atoms with Crippen LogP contribution in [0.3, 0.4) is 0 Å². The number of hydrogen-bond acceptors (Lipinski definition) is 10. The number of carbonyl (C=O) groups excluding carboxylic acids is 4. The maximum absolute atomic E-state index is 12.7. The maximum atomic E-state index is 12.7. The normalized spacial score (nSPS) is 21.8. The van der Waals surface area contributed by atoms with Gasteiger partial charge < -0.3 is 30.7 Å². The summed E-state index contributed by atoms with van der Waals surface area (Å²) >= 11 is 11.9. The van der Waals surface area contributed by atoms with E-state index in [4.69, 9.17) is 49.1 Å². The van der Waals surface area contributed by atoms with Crippen LogP contribution in [0.5, 0.6) is 11.5 Å². The summed E-state index contributed by atoms with van der Waals surface area (Å²) in [6.45, 7) is 0.447. The number of methoxy groups -OCH3 is 2. The average Bonchev–Trinajstić information content (AvgIpc) is 3.32. The minimum absolute atomic E-state index is 0.155. The standard InChI is InChI=1S/2C23H28ClN3O5S/c2*1-32-21-12-9-17(24)15-20(21)22(28)25-14-13-16-7-10-19(11-8-16)33(30,31)27-23(29)26-18-5-3-2-4-6-18/h2*7-12,15,18H,2-6,13-14H2,1H3,(H,25,28)(H2,26,27,29)/i2D2,3D2,4D2,18D;5D2,6D2,18D. The lowest BCUT2D eigenvalue weighted by atomic mass is 9.96. The van der Waals surface area contributed by atoms with E-state index in [1.165, 1.54) is 74.9 Å². The van der Waals surface area contributed by atoms with Gasteiger partial charge in [-0.25, -0.2) is 35.9 Å². The third-order valence-electron chi connectivity index (χ3n) is 9.40. The van der Waals surface area contributed by atoms with Crippen molar-refractivity contribution in [3.63, 3.8) is 0 Å². The Kier molecular flexibility index (Phi) is 13.7. The summed E-state index contributed by atoms with van der Waals surface area (Å²) in [5.74, 6) is -0.0786. The largest absolute Gasteiger partial charge is 0.496 e. The molecule has 0 atom stereocenters. The molecular weight excluding hydrogens is 932 g/mol. The first kappa shape index (κ1) is 36.5. The lowest BCUT2D eigenvalue weighted by molar-refractivity contribution is 0.0942. The van der Waals surface area contributed by atoms with Gasteiger partial charge >= 0.3 is 12.1 Å². The molecule has 16 nitrogen and oxygen atoms in total. The molecule has 6 amide bonds. The molecule has 0 radical (unpaired) electrons. The van der Waals surface area contributed by atoms with Crippen LogP contribution in [0.15, 0.2) is 94.7 Å². The predicted molar refractivity (Wildman–Crippen MR) is 252 cm³/mol. The summed E-state index contributed by atoms with van der Waals surface area (Å²) in [5, 5.41) is 10.1. The molecule has 0 spiro atoms. The number of ether oxygens (including phenoxy) is 2. The van der Waals surface area contributed by atoms with Crippen molar-refractivity contribution in [3.05, 3.63) is 117 Å². The summed E-state index contributed by atoms with van der Waals surface area (Å²) in [7, 11) is -5.95. The highest BCUT2D eigenvalue weighted by atomic mass is 35.5. The first-order chi connectivity index (χ1) is 35.9. The number of benzene rings is 4. The van der Waals surface area contributed by atoms with Crippen LogP contribution in [0.1, 0.15) is 112 Å². The highest BCUT2D eigenvalue weighted by molar-refractivity contribution is 7.90. The first-order valence-electron chi connectivity index (χ1n) is 26.1. The van der Waals surface area contributed by atoms with Crippen LogP contribution in [0.25, 0.3) is 0 Å². The summed E-state index contributed by atoms with van der Waals surface area (Å²) in [6.07, 6.45) is -14.6. The monoisotopic (exact) mass is 998 g/mol. The van der Waals surface area contributed by atoms with Gasteiger partial charge in [0.15, 0.2) is 0 Å². The average molecular weight is 1000 g/mol. The number of rotatable bonds is 16. The van der Waals surface area contributed by atoms with Crippen molar-refractivity contribution in [2.24, 2.45) is 0 Å². The number of hydrogen-bond donors (Lipinski definition) is 6. The van der Waals surface area contributed by atoms with Gasteiger partial charge in [0, 0.05) is 48.9 Å². The summed E-state index contributed by atoms with van der Waals surface area (Å²) in [5.41, 5.74) is 1.90. The maximum Gasteiger partial charge on any atom is 0.328 e. The van der Waals surface area contributed by atoms with Gasteiger partial charge in [0.25, 0.3) is 31.9 Å². The van der Waals surface area contributed by atoms with Crippen LogP contribution in [-0.2, 0) is 32.9 Å². The second-order valence-electron chi connectivity index (χ2n) is 14.1. The van der Waals surface area contributed by atoms with E-state index in [0.717, 1.165) is 0 Å².